The normalized spacial score (nSPS) is 10.7. The maximum atomic E-state index is 11.8. The summed E-state index contributed by atoms with van der Waals surface area (Å²) >= 11 is 1.44. The molecule has 0 aliphatic heterocycles. The Hall–Kier alpha value is -1.82. The molecule has 0 aliphatic carbocycles. The van der Waals surface area contributed by atoms with Crippen molar-refractivity contribution >= 4 is 28.6 Å². The Kier molecular flexibility index (Phi) is 5.17. The van der Waals surface area contributed by atoms with Gasteiger partial charge in [0.25, 0.3) is 5.56 Å². The van der Waals surface area contributed by atoms with Crippen molar-refractivity contribution in [2.24, 2.45) is 0 Å². The number of esters is 1. The summed E-state index contributed by atoms with van der Waals surface area (Å²) in [6.07, 6.45) is 1.08. The van der Waals surface area contributed by atoms with Gasteiger partial charge in [0.15, 0.2) is 5.16 Å². The zero-order valence-corrected chi connectivity index (χ0v) is 12.0. The van der Waals surface area contributed by atoms with Crippen molar-refractivity contribution in [2.75, 3.05) is 12.4 Å². The number of carbonyl (C=O) groups is 1. The first-order chi connectivity index (χ1) is 9.70. The highest BCUT2D eigenvalue weighted by Crippen LogP contribution is 2.16. The lowest BCUT2D eigenvalue weighted by Crippen LogP contribution is -2.09. The molecule has 1 N–H and O–H groups in total. The zero-order chi connectivity index (χ0) is 14.4. The standard InChI is InChI=1S/C14H16N2O3S/c1-2-19-12(17)8-5-9-20-14-15-11-7-4-3-6-10(11)13(18)16-14/h3-4,6-7H,2,5,8-9H2,1H3,(H,15,16,18). The molecule has 1 heterocycles. The van der Waals surface area contributed by atoms with Gasteiger partial charge in [0, 0.05) is 12.2 Å². The molecule has 1 aromatic heterocycles. The molecule has 0 radical (unpaired) electrons. The minimum Gasteiger partial charge on any atom is -0.466 e. The quantitative estimate of drug-likeness (QED) is 0.383. The van der Waals surface area contributed by atoms with Gasteiger partial charge in [0.05, 0.1) is 17.5 Å². The summed E-state index contributed by atoms with van der Waals surface area (Å²) in [7, 11) is 0. The molecule has 0 amide bonds. The number of carbonyl (C=O) groups excluding carboxylic acids is 1. The minimum absolute atomic E-state index is 0.136. The number of ether oxygens (including phenoxy) is 1. The molecule has 0 aliphatic rings. The minimum atomic E-state index is -0.187. The van der Waals surface area contributed by atoms with E-state index in [4.69, 9.17) is 4.74 Å². The van der Waals surface area contributed by atoms with Crippen LogP contribution in [0.2, 0.25) is 0 Å². The molecule has 20 heavy (non-hydrogen) atoms. The van der Waals surface area contributed by atoms with Crippen molar-refractivity contribution in [2.45, 2.75) is 24.9 Å². The molecule has 6 heteroatoms. The van der Waals surface area contributed by atoms with Crippen LogP contribution < -0.4 is 5.56 Å². The van der Waals surface area contributed by atoms with Gasteiger partial charge in [0.1, 0.15) is 0 Å². The largest absolute Gasteiger partial charge is 0.466 e. The number of aromatic nitrogens is 2. The summed E-state index contributed by atoms with van der Waals surface area (Å²) in [4.78, 5) is 30.1. The lowest BCUT2D eigenvalue weighted by molar-refractivity contribution is -0.143. The topological polar surface area (TPSA) is 72.0 Å². The van der Waals surface area contributed by atoms with E-state index in [0.29, 0.717) is 41.3 Å². The van der Waals surface area contributed by atoms with E-state index in [1.165, 1.54) is 11.8 Å². The predicted octanol–water partition coefficient (Wildman–Crippen LogP) is 2.36. The Balaban J connectivity index is 1.94. The predicted molar refractivity (Wildman–Crippen MR) is 79.0 cm³/mol. The van der Waals surface area contributed by atoms with E-state index in [-0.39, 0.29) is 11.5 Å². The third-order valence-corrected chi connectivity index (χ3v) is 3.62. The van der Waals surface area contributed by atoms with Gasteiger partial charge in [0.2, 0.25) is 0 Å². The van der Waals surface area contributed by atoms with Gasteiger partial charge in [-0.3, -0.25) is 9.59 Å². The lowest BCUT2D eigenvalue weighted by Gasteiger charge is -2.03. The first kappa shape index (κ1) is 14.6. The fourth-order valence-electron chi connectivity index (χ4n) is 1.75. The van der Waals surface area contributed by atoms with Crippen molar-refractivity contribution < 1.29 is 9.53 Å². The number of benzene rings is 1. The van der Waals surface area contributed by atoms with Gasteiger partial charge >= 0.3 is 5.97 Å². The second-order valence-corrected chi connectivity index (χ2v) is 5.23. The zero-order valence-electron chi connectivity index (χ0n) is 11.2. The van der Waals surface area contributed by atoms with Crippen molar-refractivity contribution in [3.05, 3.63) is 34.6 Å². The van der Waals surface area contributed by atoms with Gasteiger partial charge in [-0.05, 0) is 25.5 Å². The van der Waals surface area contributed by atoms with Crippen LogP contribution in [0, 0.1) is 0 Å². The van der Waals surface area contributed by atoms with E-state index in [1.54, 1.807) is 13.0 Å². The smallest absolute Gasteiger partial charge is 0.305 e. The van der Waals surface area contributed by atoms with Gasteiger partial charge in [-0.15, -0.1) is 0 Å². The molecule has 2 rings (SSSR count). The molecular weight excluding hydrogens is 276 g/mol. The second kappa shape index (κ2) is 7.09. The number of nitrogens with one attached hydrogen (secondary N) is 1. The average Bonchev–Trinajstić information content (AvgIpc) is 2.44. The molecule has 0 bridgehead atoms. The first-order valence-corrected chi connectivity index (χ1v) is 7.46. The van der Waals surface area contributed by atoms with Crippen molar-refractivity contribution in [1.29, 1.82) is 0 Å². The highest BCUT2D eigenvalue weighted by Gasteiger charge is 2.05. The number of para-hydroxylation sites is 1. The fraction of sp³-hybridized carbons (Fsp3) is 0.357. The third kappa shape index (κ3) is 3.84. The van der Waals surface area contributed by atoms with Gasteiger partial charge in [-0.1, -0.05) is 23.9 Å². The summed E-state index contributed by atoms with van der Waals surface area (Å²) in [5.74, 6) is 0.521. The number of aromatic amines is 1. The molecule has 0 saturated carbocycles. The van der Waals surface area contributed by atoms with E-state index in [9.17, 15) is 9.59 Å². The van der Waals surface area contributed by atoms with Gasteiger partial charge in [-0.2, -0.15) is 0 Å². The SMILES string of the molecule is CCOC(=O)CCCSc1nc2ccccc2c(=O)[nH]1. The number of thioether (sulfide) groups is 1. The van der Waals surface area contributed by atoms with Gasteiger partial charge < -0.3 is 9.72 Å². The number of fused-ring (bicyclic) bond motifs is 1. The van der Waals surface area contributed by atoms with E-state index in [0.717, 1.165) is 0 Å². The second-order valence-electron chi connectivity index (χ2n) is 4.15. The fourth-order valence-corrected chi connectivity index (χ4v) is 2.56. The number of H-pyrrole nitrogens is 1. The van der Waals surface area contributed by atoms with Crippen LogP contribution >= 0.6 is 11.8 Å². The molecule has 0 spiro atoms. The summed E-state index contributed by atoms with van der Waals surface area (Å²) < 4.78 is 4.85. The Labute approximate surface area is 120 Å². The Morgan fingerprint density at radius 2 is 2.20 bits per heavy atom. The lowest BCUT2D eigenvalue weighted by atomic mass is 10.2. The molecule has 0 saturated heterocycles. The molecule has 0 fully saturated rings. The number of rotatable bonds is 6. The third-order valence-electron chi connectivity index (χ3n) is 2.66. The molecular formula is C14H16N2O3S. The molecule has 0 unspecified atom stereocenters. The molecule has 5 nitrogen and oxygen atoms in total. The van der Waals surface area contributed by atoms with Crippen LogP contribution in [0.15, 0.2) is 34.2 Å². The van der Waals surface area contributed by atoms with Crippen molar-refractivity contribution in [3.8, 4) is 0 Å². The van der Waals surface area contributed by atoms with Crippen LogP contribution in [0.1, 0.15) is 19.8 Å². The Bertz CT molecular complexity index is 654. The highest BCUT2D eigenvalue weighted by atomic mass is 32.2. The van der Waals surface area contributed by atoms with Gasteiger partial charge in [-0.25, -0.2) is 4.98 Å². The summed E-state index contributed by atoms with van der Waals surface area (Å²) in [6.45, 7) is 2.20. The number of nitrogens with zero attached hydrogens (tertiary/aromatic N) is 1. The average molecular weight is 292 g/mol. The number of hydrogen-bond donors (Lipinski definition) is 1. The van der Waals surface area contributed by atoms with Crippen molar-refractivity contribution in [3.63, 3.8) is 0 Å². The molecule has 0 atom stereocenters. The molecule has 2 aromatic rings. The van der Waals surface area contributed by atoms with Crippen LogP contribution in [-0.4, -0.2) is 28.3 Å². The van der Waals surface area contributed by atoms with E-state index in [1.807, 2.05) is 18.2 Å². The highest BCUT2D eigenvalue weighted by molar-refractivity contribution is 7.99. The summed E-state index contributed by atoms with van der Waals surface area (Å²) in [5, 5.41) is 1.17. The molecule has 106 valence electrons. The van der Waals surface area contributed by atoms with E-state index < -0.39 is 0 Å². The van der Waals surface area contributed by atoms with E-state index in [2.05, 4.69) is 9.97 Å². The van der Waals surface area contributed by atoms with Crippen LogP contribution in [-0.2, 0) is 9.53 Å². The maximum absolute atomic E-state index is 11.8. The summed E-state index contributed by atoms with van der Waals surface area (Å²) in [5.41, 5.74) is 0.549. The summed E-state index contributed by atoms with van der Waals surface area (Å²) in [6, 6.07) is 7.22. The van der Waals surface area contributed by atoms with Crippen LogP contribution in [0.4, 0.5) is 0 Å². The monoisotopic (exact) mass is 292 g/mol. The van der Waals surface area contributed by atoms with E-state index >= 15 is 0 Å². The number of hydrogen-bond acceptors (Lipinski definition) is 5. The van der Waals surface area contributed by atoms with Crippen LogP contribution in [0.5, 0.6) is 0 Å². The van der Waals surface area contributed by atoms with Crippen molar-refractivity contribution in [1.82, 2.24) is 9.97 Å². The molecule has 1 aromatic carbocycles. The Morgan fingerprint density at radius 1 is 1.40 bits per heavy atom. The maximum Gasteiger partial charge on any atom is 0.305 e. The van der Waals surface area contributed by atoms with Crippen LogP contribution in [0.3, 0.4) is 0 Å². The van der Waals surface area contributed by atoms with Crippen LogP contribution in [0.25, 0.3) is 10.9 Å². The first-order valence-electron chi connectivity index (χ1n) is 6.48. The Morgan fingerprint density at radius 3 is 3.00 bits per heavy atom.